The molecule has 6 nitrogen and oxygen atoms in total. The first-order chi connectivity index (χ1) is 14.7. The third kappa shape index (κ3) is 5.79. The van der Waals surface area contributed by atoms with Crippen molar-refractivity contribution in [3.63, 3.8) is 0 Å². The fourth-order valence-corrected chi connectivity index (χ4v) is 5.29. The molecule has 7 heteroatoms. The molecule has 0 bridgehead atoms. The zero-order valence-electron chi connectivity index (χ0n) is 18.7. The second kappa shape index (κ2) is 9.73. The van der Waals surface area contributed by atoms with Gasteiger partial charge in [-0.25, -0.2) is 8.42 Å². The molecule has 0 spiro atoms. The van der Waals surface area contributed by atoms with E-state index < -0.39 is 16.1 Å². The first-order valence-corrected chi connectivity index (χ1v) is 12.7. The fourth-order valence-electron chi connectivity index (χ4n) is 4.03. The molecule has 0 radical (unpaired) electrons. The molecule has 1 amide bonds. The van der Waals surface area contributed by atoms with Crippen LogP contribution in [0.25, 0.3) is 0 Å². The van der Waals surface area contributed by atoms with Crippen molar-refractivity contribution >= 4 is 27.3 Å². The number of aryl methyl sites for hydroxylation is 2. The minimum absolute atomic E-state index is 0.269. The van der Waals surface area contributed by atoms with Crippen LogP contribution in [-0.4, -0.2) is 32.7 Å². The number of sulfonamides is 1. The summed E-state index contributed by atoms with van der Waals surface area (Å²) in [5, 5.41) is 2.87. The molecule has 1 fully saturated rings. The number of ether oxygens (including phenoxy) is 1. The highest BCUT2D eigenvalue weighted by atomic mass is 32.2. The van der Waals surface area contributed by atoms with Crippen molar-refractivity contribution in [3.8, 4) is 5.75 Å². The van der Waals surface area contributed by atoms with Gasteiger partial charge >= 0.3 is 0 Å². The Morgan fingerprint density at radius 3 is 2.35 bits per heavy atom. The van der Waals surface area contributed by atoms with Crippen LogP contribution in [-0.2, 0) is 14.8 Å². The van der Waals surface area contributed by atoms with Crippen LogP contribution in [0.3, 0.4) is 0 Å². The predicted molar refractivity (Wildman–Crippen MR) is 125 cm³/mol. The lowest BCUT2D eigenvalue weighted by atomic mass is 10.1. The van der Waals surface area contributed by atoms with E-state index in [2.05, 4.69) is 5.32 Å². The summed E-state index contributed by atoms with van der Waals surface area (Å²) in [5.74, 6) is 0.420. The second-order valence-electron chi connectivity index (χ2n) is 8.31. The third-order valence-corrected chi connectivity index (χ3v) is 6.82. The number of hydrogen-bond donors (Lipinski definition) is 1. The fraction of sp³-hybridized carbons (Fsp3) is 0.458. The minimum atomic E-state index is -3.67. The van der Waals surface area contributed by atoms with Gasteiger partial charge in [0.2, 0.25) is 15.9 Å². The van der Waals surface area contributed by atoms with E-state index in [4.69, 9.17) is 4.74 Å². The Balaban J connectivity index is 1.79. The summed E-state index contributed by atoms with van der Waals surface area (Å²) in [4.78, 5) is 13.1. The third-order valence-electron chi connectivity index (χ3n) is 5.66. The van der Waals surface area contributed by atoms with Crippen LogP contribution in [0.4, 0.5) is 11.4 Å². The number of carbonyl (C=O) groups excluding carboxylic acids is 1. The predicted octanol–water partition coefficient (Wildman–Crippen LogP) is 4.81. The maximum absolute atomic E-state index is 13.1. The quantitative estimate of drug-likeness (QED) is 0.634. The molecule has 31 heavy (non-hydrogen) atoms. The van der Waals surface area contributed by atoms with Crippen molar-refractivity contribution in [2.75, 3.05) is 15.9 Å². The van der Waals surface area contributed by atoms with Gasteiger partial charge in [-0.2, -0.15) is 0 Å². The molecule has 0 aliphatic heterocycles. The maximum Gasteiger partial charge on any atom is 0.248 e. The lowest BCUT2D eigenvalue weighted by Crippen LogP contribution is -2.47. The largest absolute Gasteiger partial charge is 0.490 e. The van der Waals surface area contributed by atoms with Crippen LogP contribution in [0, 0.1) is 13.8 Å². The highest BCUT2D eigenvalue weighted by Gasteiger charge is 2.32. The number of amides is 1. The van der Waals surface area contributed by atoms with Gasteiger partial charge in [-0.1, -0.05) is 19.1 Å². The van der Waals surface area contributed by atoms with E-state index in [9.17, 15) is 13.2 Å². The van der Waals surface area contributed by atoms with Gasteiger partial charge in [0, 0.05) is 5.69 Å². The zero-order valence-corrected chi connectivity index (χ0v) is 19.5. The number of rotatable bonds is 8. The van der Waals surface area contributed by atoms with E-state index in [1.807, 2.05) is 51.1 Å². The van der Waals surface area contributed by atoms with Gasteiger partial charge in [-0.15, -0.1) is 0 Å². The maximum atomic E-state index is 13.1. The van der Waals surface area contributed by atoms with Gasteiger partial charge in [0.1, 0.15) is 11.8 Å². The Bertz CT molecular complexity index is 1010. The van der Waals surface area contributed by atoms with Crippen molar-refractivity contribution in [1.29, 1.82) is 0 Å². The molecule has 1 saturated carbocycles. The van der Waals surface area contributed by atoms with E-state index in [0.717, 1.165) is 36.0 Å². The van der Waals surface area contributed by atoms with Gasteiger partial charge in [0.05, 0.1) is 18.0 Å². The summed E-state index contributed by atoms with van der Waals surface area (Å²) in [6, 6.07) is 12.0. The topological polar surface area (TPSA) is 75.7 Å². The number of nitrogens with zero attached hydrogens (tertiary/aromatic N) is 1. The lowest BCUT2D eigenvalue weighted by molar-refractivity contribution is -0.117. The molecule has 0 unspecified atom stereocenters. The van der Waals surface area contributed by atoms with Crippen molar-refractivity contribution < 1.29 is 17.9 Å². The van der Waals surface area contributed by atoms with Crippen molar-refractivity contribution in [2.45, 2.75) is 65.0 Å². The van der Waals surface area contributed by atoms with Gasteiger partial charge in [0.15, 0.2) is 0 Å². The normalized spacial score (nSPS) is 15.5. The highest BCUT2D eigenvalue weighted by molar-refractivity contribution is 7.92. The molecule has 1 N–H and O–H groups in total. The Labute approximate surface area is 185 Å². The van der Waals surface area contributed by atoms with Gasteiger partial charge < -0.3 is 10.1 Å². The molecule has 0 saturated heterocycles. The highest BCUT2D eigenvalue weighted by Crippen LogP contribution is 2.29. The Kier molecular flexibility index (Phi) is 7.26. The summed E-state index contributed by atoms with van der Waals surface area (Å²) >= 11 is 0. The molecule has 3 rings (SSSR count). The van der Waals surface area contributed by atoms with Crippen LogP contribution in [0.5, 0.6) is 5.75 Å². The molecule has 0 heterocycles. The van der Waals surface area contributed by atoms with Crippen molar-refractivity contribution in [3.05, 3.63) is 53.6 Å². The first kappa shape index (κ1) is 23.1. The molecular formula is C24H32N2O4S. The Morgan fingerprint density at radius 1 is 1.13 bits per heavy atom. The average molecular weight is 445 g/mol. The van der Waals surface area contributed by atoms with Gasteiger partial charge in [-0.3, -0.25) is 9.10 Å². The second-order valence-corrected chi connectivity index (χ2v) is 10.2. The Morgan fingerprint density at radius 2 is 1.77 bits per heavy atom. The van der Waals surface area contributed by atoms with Crippen molar-refractivity contribution in [2.24, 2.45) is 0 Å². The number of benzene rings is 2. The molecular weight excluding hydrogens is 412 g/mol. The standard InChI is InChI=1S/C24H32N2O4S/c1-5-22(26(31(4,28)29)23-16-17(2)10-11-18(23)3)24(27)25-19-12-14-21(15-13-19)30-20-8-6-7-9-20/h10-16,20,22H,5-9H2,1-4H3,(H,25,27)/t22-/m0/s1. The summed E-state index contributed by atoms with van der Waals surface area (Å²) in [7, 11) is -3.67. The van der Waals surface area contributed by atoms with Crippen LogP contribution in [0.2, 0.25) is 0 Å². The Hall–Kier alpha value is -2.54. The lowest BCUT2D eigenvalue weighted by Gasteiger charge is -2.31. The molecule has 168 valence electrons. The van der Waals surface area contributed by atoms with Crippen molar-refractivity contribution in [1.82, 2.24) is 0 Å². The smallest absolute Gasteiger partial charge is 0.248 e. The van der Waals surface area contributed by atoms with Crippen LogP contribution < -0.4 is 14.4 Å². The van der Waals surface area contributed by atoms with E-state index in [1.54, 1.807) is 12.1 Å². The minimum Gasteiger partial charge on any atom is -0.490 e. The summed E-state index contributed by atoms with van der Waals surface area (Å²) in [6.45, 7) is 5.56. The van der Waals surface area contributed by atoms with Crippen LogP contribution >= 0.6 is 0 Å². The van der Waals surface area contributed by atoms with Gasteiger partial charge in [-0.05, 0) is 87.4 Å². The van der Waals surface area contributed by atoms with Crippen LogP contribution in [0.15, 0.2) is 42.5 Å². The monoisotopic (exact) mass is 444 g/mol. The summed E-state index contributed by atoms with van der Waals surface area (Å²) in [6.07, 6.45) is 6.32. The average Bonchev–Trinajstić information content (AvgIpc) is 3.21. The number of hydrogen-bond acceptors (Lipinski definition) is 4. The summed E-state index contributed by atoms with van der Waals surface area (Å²) in [5.41, 5.74) is 2.87. The van der Waals surface area contributed by atoms with E-state index in [0.29, 0.717) is 17.8 Å². The number of nitrogens with one attached hydrogen (secondary N) is 1. The zero-order chi connectivity index (χ0) is 22.6. The van der Waals surface area contributed by atoms with E-state index in [1.165, 1.54) is 17.1 Å². The summed E-state index contributed by atoms with van der Waals surface area (Å²) < 4.78 is 32.6. The number of anilines is 2. The van der Waals surface area contributed by atoms with Gasteiger partial charge in [0.25, 0.3) is 0 Å². The van der Waals surface area contributed by atoms with E-state index in [-0.39, 0.29) is 12.0 Å². The first-order valence-electron chi connectivity index (χ1n) is 10.8. The molecule has 1 aliphatic rings. The van der Waals surface area contributed by atoms with Crippen LogP contribution in [0.1, 0.15) is 50.2 Å². The number of carbonyl (C=O) groups is 1. The molecule has 0 aromatic heterocycles. The molecule has 1 atom stereocenters. The molecule has 2 aromatic carbocycles. The molecule has 2 aromatic rings. The van der Waals surface area contributed by atoms with E-state index >= 15 is 0 Å². The SMILES string of the molecule is CC[C@@H](C(=O)Nc1ccc(OC2CCCC2)cc1)N(c1cc(C)ccc1C)S(C)(=O)=O. The molecule has 1 aliphatic carbocycles.